The van der Waals surface area contributed by atoms with Crippen molar-refractivity contribution in [2.24, 2.45) is 0 Å². The molecule has 108 valence electrons. The topological polar surface area (TPSA) is 35.5 Å². The first-order valence-corrected chi connectivity index (χ1v) is 9.97. The van der Waals surface area contributed by atoms with Crippen LogP contribution in [-0.4, -0.2) is 22.4 Å². The zero-order chi connectivity index (χ0) is 14.2. The summed E-state index contributed by atoms with van der Waals surface area (Å²) < 4.78 is 23.5. The molecular formula is C12H26O3PS2+. The minimum Gasteiger partial charge on any atom is -0.126 e. The maximum Gasteiger partial charge on any atom is 0.700 e. The van der Waals surface area contributed by atoms with Crippen LogP contribution in [0, 0.1) is 0 Å². The highest BCUT2D eigenvalue weighted by Crippen LogP contribution is 2.47. The Hall–Kier alpha value is 0.720. The highest BCUT2D eigenvalue weighted by molar-refractivity contribution is 8.00. The molecule has 0 aliphatic heterocycles. The van der Waals surface area contributed by atoms with Crippen LogP contribution in [0.15, 0.2) is 0 Å². The van der Waals surface area contributed by atoms with Crippen LogP contribution in [0.5, 0.6) is 0 Å². The van der Waals surface area contributed by atoms with E-state index in [1.54, 1.807) is 23.5 Å². The minimum absolute atomic E-state index is 0.390. The third-order valence-corrected chi connectivity index (χ3v) is 7.43. The summed E-state index contributed by atoms with van der Waals surface area (Å²) in [5.74, 6) is 0. The fraction of sp³-hybridized carbons (Fsp3) is 1.00. The smallest absolute Gasteiger partial charge is 0.126 e. The van der Waals surface area contributed by atoms with Crippen molar-refractivity contribution in [3.05, 3.63) is 0 Å². The van der Waals surface area contributed by atoms with Crippen LogP contribution in [0.4, 0.5) is 0 Å². The fourth-order valence-corrected chi connectivity index (χ4v) is 4.91. The lowest BCUT2D eigenvalue weighted by Gasteiger charge is -2.25. The molecule has 6 heteroatoms. The van der Waals surface area contributed by atoms with Crippen LogP contribution in [0.1, 0.15) is 53.4 Å². The molecule has 0 unspecified atom stereocenters. The molecule has 0 aromatic heterocycles. The molecule has 0 saturated carbocycles. The molecule has 0 amide bonds. The molecular weight excluding hydrogens is 287 g/mol. The van der Waals surface area contributed by atoms with Gasteiger partial charge in [-0.2, -0.15) is 0 Å². The van der Waals surface area contributed by atoms with E-state index >= 15 is 0 Å². The van der Waals surface area contributed by atoms with Crippen molar-refractivity contribution in [2.45, 2.75) is 63.2 Å². The van der Waals surface area contributed by atoms with Crippen molar-refractivity contribution in [1.29, 1.82) is 0 Å². The third kappa shape index (κ3) is 5.01. The second-order valence-corrected chi connectivity index (χ2v) is 7.17. The van der Waals surface area contributed by atoms with Gasteiger partial charge in [0.05, 0.1) is 0 Å². The monoisotopic (exact) mass is 313 g/mol. The average molecular weight is 313 g/mol. The molecule has 0 aliphatic rings. The lowest BCUT2D eigenvalue weighted by atomic mass is 10.2. The average Bonchev–Trinajstić information content (AvgIpc) is 2.42. The quantitative estimate of drug-likeness (QED) is 0.396. The lowest BCUT2D eigenvalue weighted by Crippen LogP contribution is -2.27. The second kappa shape index (κ2) is 8.80. The summed E-state index contributed by atoms with van der Waals surface area (Å²) in [6, 6.07) is 0. The molecule has 0 N–H and O–H groups in total. The van der Waals surface area contributed by atoms with Gasteiger partial charge in [0, 0.05) is 4.57 Å². The van der Waals surface area contributed by atoms with Crippen molar-refractivity contribution in [2.75, 3.05) is 12.5 Å². The van der Waals surface area contributed by atoms with Crippen molar-refractivity contribution >= 4 is 31.8 Å². The van der Waals surface area contributed by atoms with Gasteiger partial charge in [0.25, 0.3) is 0 Å². The van der Waals surface area contributed by atoms with Gasteiger partial charge in [0.1, 0.15) is 0 Å². The predicted octanol–water partition coefficient (Wildman–Crippen LogP) is 5.44. The highest BCUT2D eigenvalue weighted by Gasteiger charge is 2.44. The van der Waals surface area contributed by atoms with Gasteiger partial charge < -0.3 is 0 Å². The Kier molecular flexibility index (Phi) is 9.16. The van der Waals surface area contributed by atoms with E-state index in [0.29, 0.717) is 0 Å². The third-order valence-electron chi connectivity index (χ3n) is 3.38. The first-order valence-electron chi connectivity index (χ1n) is 6.42. The molecule has 0 saturated heterocycles. The molecule has 3 nitrogen and oxygen atoms in total. The van der Waals surface area contributed by atoms with Crippen LogP contribution >= 0.6 is 31.8 Å². The lowest BCUT2D eigenvalue weighted by molar-refractivity contribution is 0.0885. The van der Waals surface area contributed by atoms with Crippen molar-refractivity contribution in [3.63, 3.8) is 0 Å². The van der Waals surface area contributed by atoms with E-state index in [1.165, 1.54) is 0 Å². The molecule has 0 bridgehead atoms. The largest absolute Gasteiger partial charge is 0.700 e. The summed E-state index contributed by atoms with van der Waals surface area (Å²) in [4.78, 5) is -0.780. The normalized spacial score (nSPS) is 12.8. The number of hydrogen-bond acceptors (Lipinski definition) is 5. The van der Waals surface area contributed by atoms with E-state index in [2.05, 4.69) is 0 Å². The van der Waals surface area contributed by atoms with Crippen LogP contribution in [0.3, 0.4) is 0 Å². The molecule has 0 aromatic rings. The Labute approximate surface area is 121 Å². The molecule has 0 radical (unpaired) electrons. The van der Waals surface area contributed by atoms with Gasteiger partial charge in [-0.15, -0.1) is 32.6 Å². The zero-order valence-corrected chi connectivity index (χ0v) is 14.8. The van der Waals surface area contributed by atoms with Crippen molar-refractivity contribution in [1.82, 2.24) is 0 Å². The summed E-state index contributed by atoms with van der Waals surface area (Å²) in [6.45, 7) is 8.19. The molecule has 0 atom stereocenters. The second-order valence-electron chi connectivity index (χ2n) is 4.05. The van der Waals surface area contributed by atoms with Gasteiger partial charge in [-0.1, -0.05) is 27.7 Å². The SMILES string of the molecule is CCC(CC)(O[P+](=O)OC(CC)(CC)SC)SC. The zero-order valence-electron chi connectivity index (χ0n) is 12.3. The number of thioether (sulfide) groups is 2. The maximum absolute atomic E-state index is 12.1. The molecule has 0 rings (SSSR count). The Bertz CT molecular complexity index is 213. The molecule has 0 aliphatic carbocycles. The van der Waals surface area contributed by atoms with Gasteiger partial charge in [-0.3, -0.25) is 0 Å². The molecule has 0 spiro atoms. The van der Waals surface area contributed by atoms with E-state index in [1.807, 2.05) is 40.2 Å². The highest BCUT2D eigenvalue weighted by atomic mass is 32.2. The van der Waals surface area contributed by atoms with Crippen LogP contribution in [-0.2, 0) is 13.6 Å². The molecule has 0 aromatic carbocycles. The Morgan fingerprint density at radius 3 is 1.28 bits per heavy atom. The molecule has 18 heavy (non-hydrogen) atoms. The summed E-state index contributed by atoms with van der Waals surface area (Å²) in [5.41, 5.74) is 0. The standard InChI is InChI=1S/C12H26O3PS2/c1-7-11(8-2,17-5)14-16(13)15-12(9-3,10-4)18-6/h7-10H2,1-6H3/q+1. The van der Waals surface area contributed by atoms with Gasteiger partial charge >= 0.3 is 8.25 Å². The van der Waals surface area contributed by atoms with Gasteiger partial charge in [-0.05, 0) is 38.2 Å². The number of rotatable bonds is 10. The van der Waals surface area contributed by atoms with Gasteiger partial charge in [-0.25, -0.2) is 0 Å². The predicted molar refractivity (Wildman–Crippen MR) is 83.4 cm³/mol. The van der Waals surface area contributed by atoms with Crippen LogP contribution < -0.4 is 0 Å². The van der Waals surface area contributed by atoms with E-state index in [0.717, 1.165) is 25.7 Å². The summed E-state index contributed by atoms with van der Waals surface area (Å²) >= 11 is 3.20. The first kappa shape index (κ1) is 18.7. The first-order chi connectivity index (χ1) is 8.46. The Morgan fingerprint density at radius 1 is 0.833 bits per heavy atom. The summed E-state index contributed by atoms with van der Waals surface area (Å²) in [5, 5.41) is 0. The minimum atomic E-state index is -2.08. The summed E-state index contributed by atoms with van der Waals surface area (Å²) in [7, 11) is -2.08. The maximum atomic E-state index is 12.1. The molecule has 0 fully saturated rings. The van der Waals surface area contributed by atoms with E-state index < -0.39 is 8.25 Å². The van der Waals surface area contributed by atoms with Crippen molar-refractivity contribution < 1.29 is 13.6 Å². The van der Waals surface area contributed by atoms with Crippen LogP contribution in [0.2, 0.25) is 0 Å². The van der Waals surface area contributed by atoms with Gasteiger partial charge in [0.2, 0.25) is 0 Å². The molecule has 0 heterocycles. The Balaban J connectivity index is 4.67. The van der Waals surface area contributed by atoms with Gasteiger partial charge in [0.15, 0.2) is 9.87 Å². The van der Waals surface area contributed by atoms with Crippen molar-refractivity contribution in [3.8, 4) is 0 Å². The Morgan fingerprint density at radius 2 is 1.11 bits per heavy atom. The summed E-state index contributed by atoms with van der Waals surface area (Å²) in [6.07, 6.45) is 7.24. The van der Waals surface area contributed by atoms with E-state index in [4.69, 9.17) is 9.05 Å². The van der Waals surface area contributed by atoms with E-state index in [-0.39, 0.29) is 9.87 Å². The van der Waals surface area contributed by atoms with Crippen LogP contribution in [0.25, 0.3) is 0 Å². The van der Waals surface area contributed by atoms with E-state index in [9.17, 15) is 4.57 Å². The fourth-order valence-electron chi connectivity index (χ4n) is 1.70. The number of hydrogen-bond donors (Lipinski definition) is 0.